The maximum Gasteiger partial charge on any atom is 0.124 e. The first-order chi connectivity index (χ1) is 9.81. The summed E-state index contributed by atoms with van der Waals surface area (Å²) < 4.78 is 1.12. The van der Waals surface area contributed by atoms with Gasteiger partial charge in [-0.1, -0.05) is 22.0 Å². The number of aromatic amines is 1. The average molecular weight is 333 g/mol. The van der Waals surface area contributed by atoms with Crippen molar-refractivity contribution < 1.29 is 0 Å². The van der Waals surface area contributed by atoms with Gasteiger partial charge in [0.1, 0.15) is 5.82 Å². The van der Waals surface area contributed by atoms with Crippen molar-refractivity contribution in [2.24, 2.45) is 0 Å². The van der Waals surface area contributed by atoms with E-state index in [0.29, 0.717) is 6.04 Å². The summed E-state index contributed by atoms with van der Waals surface area (Å²) in [7, 11) is 0. The predicted molar refractivity (Wildman–Crippen MR) is 82.2 cm³/mol. The van der Waals surface area contributed by atoms with Crippen LogP contribution in [0, 0.1) is 0 Å². The number of benzene rings is 1. The van der Waals surface area contributed by atoms with Gasteiger partial charge in [-0.05, 0) is 37.1 Å². The van der Waals surface area contributed by atoms with E-state index < -0.39 is 0 Å². The molecule has 1 aromatic carbocycles. The molecule has 1 fully saturated rings. The van der Waals surface area contributed by atoms with Crippen molar-refractivity contribution in [3.8, 4) is 11.3 Å². The molecule has 2 aliphatic rings. The number of imidazole rings is 1. The second-order valence-corrected chi connectivity index (χ2v) is 6.42. The van der Waals surface area contributed by atoms with E-state index in [0.717, 1.165) is 35.6 Å². The number of nitrogens with one attached hydrogen (secondary N) is 3. The van der Waals surface area contributed by atoms with Crippen molar-refractivity contribution in [1.82, 2.24) is 20.6 Å². The van der Waals surface area contributed by atoms with E-state index in [-0.39, 0.29) is 0 Å². The normalized spacial score (nSPS) is 21.4. The van der Waals surface area contributed by atoms with Gasteiger partial charge in [0.2, 0.25) is 0 Å². The molecule has 1 aromatic heterocycles. The van der Waals surface area contributed by atoms with Gasteiger partial charge in [-0.2, -0.15) is 0 Å². The van der Waals surface area contributed by atoms with E-state index in [2.05, 4.69) is 49.7 Å². The van der Waals surface area contributed by atoms with E-state index in [1.54, 1.807) is 0 Å². The van der Waals surface area contributed by atoms with Gasteiger partial charge < -0.3 is 15.6 Å². The number of rotatable bonds is 1. The van der Waals surface area contributed by atoms with Crippen molar-refractivity contribution in [3.63, 3.8) is 0 Å². The third kappa shape index (κ3) is 2.10. The fraction of sp³-hybridized carbons (Fsp3) is 0.400. The summed E-state index contributed by atoms with van der Waals surface area (Å²) in [4.78, 5) is 8.41. The Bertz CT molecular complexity index is 643. The first-order valence-corrected chi connectivity index (χ1v) is 7.92. The summed E-state index contributed by atoms with van der Waals surface area (Å²) in [6.45, 7) is 2.83. The Morgan fingerprint density at radius 2 is 2.20 bits per heavy atom. The van der Waals surface area contributed by atoms with Crippen LogP contribution in [0.15, 0.2) is 22.7 Å². The van der Waals surface area contributed by atoms with Gasteiger partial charge >= 0.3 is 0 Å². The zero-order valence-corrected chi connectivity index (χ0v) is 12.8. The van der Waals surface area contributed by atoms with Crippen molar-refractivity contribution in [3.05, 3.63) is 39.8 Å². The van der Waals surface area contributed by atoms with Crippen LogP contribution in [-0.2, 0) is 13.1 Å². The minimum Gasteiger partial charge on any atom is -0.343 e. The summed E-state index contributed by atoms with van der Waals surface area (Å²) in [5.74, 6) is 1.09. The van der Waals surface area contributed by atoms with Gasteiger partial charge in [-0.3, -0.25) is 0 Å². The number of aromatic nitrogens is 2. The molecule has 1 saturated heterocycles. The fourth-order valence-corrected chi connectivity index (χ4v) is 3.53. The van der Waals surface area contributed by atoms with Gasteiger partial charge in [-0.25, -0.2) is 4.98 Å². The SMILES string of the molecule is Brc1ccc2c(c1)CNCc1[nH]c([C@@H]3CCCN3)nc1-2. The van der Waals surface area contributed by atoms with Crippen molar-refractivity contribution in [2.75, 3.05) is 6.54 Å². The van der Waals surface area contributed by atoms with Gasteiger partial charge in [0.15, 0.2) is 0 Å². The number of hydrogen-bond acceptors (Lipinski definition) is 3. The molecule has 104 valence electrons. The second-order valence-electron chi connectivity index (χ2n) is 5.50. The second kappa shape index (κ2) is 4.98. The summed E-state index contributed by atoms with van der Waals surface area (Å²) in [6, 6.07) is 6.83. The first-order valence-electron chi connectivity index (χ1n) is 7.13. The van der Waals surface area contributed by atoms with Crippen LogP contribution in [0.3, 0.4) is 0 Å². The molecular weight excluding hydrogens is 316 g/mol. The molecule has 5 heteroatoms. The van der Waals surface area contributed by atoms with Crippen LogP contribution in [-0.4, -0.2) is 16.5 Å². The molecule has 2 aliphatic heterocycles. The van der Waals surface area contributed by atoms with Crippen molar-refractivity contribution >= 4 is 15.9 Å². The topological polar surface area (TPSA) is 52.7 Å². The molecule has 0 bridgehead atoms. The summed E-state index contributed by atoms with van der Waals surface area (Å²) in [6.07, 6.45) is 2.41. The number of H-pyrrole nitrogens is 1. The lowest BCUT2D eigenvalue weighted by molar-refractivity contribution is 0.607. The van der Waals surface area contributed by atoms with Gasteiger partial charge in [-0.15, -0.1) is 0 Å². The monoisotopic (exact) mass is 332 g/mol. The van der Waals surface area contributed by atoms with E-state index in [1.165, 1.54) is 29.7 Å². The highest BCUT2D eigenvalue weighted by atomic mass is 79.9. The number of hydrogen-bond donors (Lipinski definition) is 3. The summed E-state index contributed by atoms with van der Waals surface area (Å²) in [5.41, 5.74) is 4.86. The molecular formula is C15H17BrN4. The van der Waals surface area contributed by atoms with Crippen LogP contribution in [0.25, 0.3) is 11.3 Å². The zero-order chi connectivity index (χ0) is 13.5. The molecule has 0 radical (unpaired) electrons. The molecule has 4 nitrogen and oxygen atoms in total. The highest BCUT2D eigenvalue weighted by molar-refractivity contribution is 9.10. The quantitative estimate of drug-likeness (QED) is 0.752. The van der Waals surface area contributed by atoms with Crippen LogP contribution >= 0.6 is 15.9 Å². The maximum atomic E-state index is 4.89. The Balaban J connectivity index is 1.80. The molecule has 2 aromatic rings. The molecule has 0 saturated carbocycles. The fourth-order valence-electron chi connectivity index (χ4n) is 3.13. The van der Waals surface area contributed by atoms with Crippen molar-refractivity contribution in [1.29, 1.82) is 0 Å². The van der Waals surface area contributed by atoms with Gasteiger partial charge in [0.05, 0.1) is 17.4 Å². The summed E-state index contributed by atoms with van der Waals surface area (Å²) >= 11 is 3.55. The lowest BCUT2D eigenvalue weighted by atomic mass is 10.0. The zero-order valence-electron chi connectivity index (χ0n) is 11.2. The van der Waals surface area contributed by atoms with Crippen LogP contribution < -0.4 is 10.6 Å². The van der Waals surface area contributed by atoms with Crippen LogP contribution in [0.2, 0.25) is 0 Å². The molecule has 20 heavy (non-hydrogen) atoms. The number of halogens is 1. The molecule has 0 unspecified atom stereocenters. The third-order valence-corrected chi connectivity index (χ3v) is 4.62. The van der Waals surface area contributed by atoms with Crippen LogP contribution in [0.5, 0.6) is 0 Å². The molecule has 3 heterocycles. The highest BCUT2D eigenvalue weighted by Gasteiger charge is 2.24. The minimum atomic E-state index is 0.390. The van der Waals surface area contributed by atoms with Crippen LogP contribution in [0.1, 0.15) is 36.0 Å². The van der Waals surface area contributed by atoms with Crippen LogP contribution in [0.4, 0.5) is 0 Å². The number of nitrogens with zero attached hydrogens (tertiary/aromatic N) is 1. The Morgan fingerprint density at radius 3 is 3.05 bits per heavy atom. The van der Waals surface area contributed by atoms with E-state index >= 15 is 0 Å². The Hall–Kier alpha value is -1.17. The third-order valence-electron chi connectivity index (χ3n) is 4.13. The molecule has 3 N–H and O–H groups in total. The number of fused-ring (bicyclic) bond motifs is 3. The van der Waals surface area contributed by atoms with Gasteiger partial charge in [0, 0.05) is 23.1 Å². The minimum absolute atomic E-state index is 0.390. The maximum absolute atomic E-state index is 4.89. The van der Waals surface area contributed by atoms with Crippen molar-refractivity contribution in [2.45, 2.75) is 32.0 Å². The Kier molecular flexibility index (Phi) is 3.13. The van der Waals surface area contributed by atoms with E-state index in [1.807, 2.05) is 0 Å². The molecule has 0 amide bonds. The molecule has 4 rings (SSSR count). The lowest BCUT2D eigenvalue weighted by Crippen LogP contribution is -2.15. The first kappa shape index (κ1) is 12.6. The predicted octanol–water partition coefficient (Wildman–Crippen LogP) is 2.87. The Labute approximate surface area is 126 Å². The van der Waals surface area contributed by atoms with E-state index in [4.69, 9.17) is 4.98 Å². The smallest absolute Gasteiger partial charge is 0.124 e. The summed E-state index contributed by atoms with van der Waals surface area (Å²) in [5, 5.41) is 6.99. The lowest BCUT2D eigenvalue weighted by Gasteiger charge is -2.07. The molecule has 1 atom stereocenters. The Morgan fingerprint density at radius 1 is 1.25 bits per heavy atom. The standard InChI is InChI=1S/C15H17BrN4/c16-10-3-4-11-9(6-10)7-17-8-13-14(11)20-15(19-13)12-2-1-5-18-12/h3-4,6,12,17-18H,1-2,5,7-8H2,(H,19,20)/t12-/m0/s1. The molecule has 0 aliphatic carbocycles. The average Bonchev–Trinajstić information content (AvgIpc) is 3.06. The molecule has 0 spiro atoms. The largest absolute Gasteiger partial charge is 0.343 e. The van der Waals surface area contributed by atoms with E-state index in [9.17, 15) is 0 Å². The van der Waals surface area contributed by atoms with Gasteiger partial charge in [0.25, 0.3) is 0 Å². The highest BCUT2D eigenvalue weighted by Crippen LogP contribution is 2.32.